The minimum absolute atomic E-state index is 0.111. The van der Waals surface area contributed by atoms with Gasteiger partial charge < -0.3 is 9.84 Å². The van der Waals surface area contributed by atoms with E-state index in [-0.39, 0.29) is 6.61 Å². The lowest BCUT2D eigenvalue weighted by atomic mass is 10.1. The second-order valence-corrected chi connectivity index (χ2v) is 5.01. The van der Waals surface area contributed by atoms with Crippen molar-refractivity contribution in [2.24, 2.45) is 5.92 Å². The van der Waals surface area contributed by atoms with Crippen LogP contribution in [-0.4, -0.2) is 18.3 Å². The van der Waals surface area contributed by atoms with Crippen molar-refractivity contribution in [2.75, 3.05) is 13.2 Å². The van der Waals surface area contributed by atoms with E-state index < -0.39 is 0 Å². The SMILES string of the molecule is CCC(C)COc1ccc2cc(C#CCO)ccc2c1. The summed E-state index contributed by atoms with van der Waals surface area (Å²) in [4.78, 5) is 0. The lowest BCUT2D eigenvalue weighted by Gasteiger charge is -2.11. The lowest BCUT2D eigenvalue weighted by molar-refractivity contribution is 0.257. The molecule has 1 unspecified atom stereocenters. The molecule has 104 valence electrons. The molecule has 0 fully saturated rings. The van der Waals surface area contributed by atoms with Crippen molar-refractivity contribution in [3.05, 3.63) is 42.0 Å². The molecule has 0 aromatic heterocycles. The van der Waals surface area contributed by atoms with Crippen molar-refractivity contribution in [1.29, 1.82) is 0 Å². The third kappa shape index (κ3) is 3.76. The van der Waals surface area contributed by atoms with Crippen LogP contribution in [0.5, 0.6) is 5.75 Å². The Labute approximate surface area is 120 Å². The fraction of sp³-hybridized carbons (Fsp3) is 0.333. The molecule has 0 aliphatic rings. The molecule has 0 amide bonds. The molecule has 2 nitrogen and oxygen atoms in total. The summed E-state index contributed by atoms with van der Waals surface area (Å²) >= 11 is 0. The molecule has 0 aliphatic heterocycles. The van der Waals surface area contributed by atoms with Crippen LogP contribution >= 0.6 is 0 Å². The molecular weight excluding hydrogens is 248 g/mol. The summed E-state index contributed by atoms with van der Waals surface area (Å²) < 4.78 is 5.80. The standard InChI is InChI=1S/C18H20O2/c1-3-14(2)13-20-18-9-8-16-11-15(5-4-10-19)6-7-17(16)12-18/h6-9,11-12,14,19H,3,10,13H2,1-2H3. The number of hydrogen-bond acceptors (Lipinski definition) is 2. The molecule has 2 aromatic carbocycles. The van der Waals surface area contributed by atoms with E-state index in [2.05, 4.69) is 31.8 Å². The molecule has 0 saturated carbocycles. The quantitative estimate of drug-likeness (QED) is 0.858. The van der Waals surface area contributed by atoms with Gasteiger partial charge in [0, 0.05) is 5.56 Å². The Balaban J connectivity index is 2.18. The fourth-order valence-corrected chi connectivity index (χ4v) is 1.89. The normalized spacial score (nSPS) is 11.8. The highest BCUT2D eigenvalue weighted by Crippen LogP contribution is 2.22. The van der Waals surface area contributed by atoms with Gasteiger partial charge in [0.15, 0.2) is 0 Å². The first-order valence-corrected chi connectivity index (χ1v) is 6.99. The first-order valence-electron chi connectivity index (χ1n) is 6.99. The van der Waals surface area contributed by atoms with Crippen LogP contribution in [0, 0.1) is 17.8 Å². The van der Waals surface area contributed by atoms with Gasteiger partial charge in [0.05, 0.1) is 6.61 Å². The van der Waals surface area contributed by atoms with E-state index in [1.807, 2.05) is 30.3 Å². The number of fused-ring (bicyclic) bond motifs is 1. The molecular formula is C18H20O2. The van der Waals surface area contributed by atoms with Gasteiger partial charge in [-0.2, -0.15) is 0 Å². The molecule has 2 heteroatoms. The number of rotatable bonds is 4. The van der Waals surface area contributed by atoms with Gasteiger partial charge in [0.1, 0.15) is 12.4 Å². The lowest BCUT2D eigenvalue weighted by Crippen LogP contribution is -2.06. The zero-order valence-electron chi connectivity index (χ0n) is 12.0. The number of benzene rings is 2. The van der Waals surface area contributed by atoms with Gasteiger partial charge in [-0.05, 0) is 41.0 Å². The van der Waals surface area contributed by atoms with Crippen LogP contribution < -0.4 is 4.74 Å². The first-order chi connectivity index (χ1) is 9.72. The van der Waals surface area contributed by atoms with Crippen molar-refractivity contribution in [3.63, 3.8) is 0 Å². The maximum Gasteiger partial charge on any atom is 0.119 e. The van der Waals surface area contributed by atoms with Crippen molar-refractivity contribution >= 4 is 10.8 Å². The molecule has 2 rings (SSSR count). The molecule has 2 aromatic rings. The van der Waals surface area contributed by atoms with Crippen LogP contribution in [-0.2, 0) is 0 Å². The highest BCUT2D eigenvalue weighted by atomic mass is 16.5. The Kier molecular flexibility index (Phi) is 5.03. The summed E-state index contributed by atoms with van der Waals surface area (Å²) in [6.07, 6.45) is 1.13. The van der Waals surface area contributed by atoms with Crippen molar-refractivity contribution in [2.45, 2.75) is 20.3 Å². The summed E-state index contributed by atoms with van der Waals surface area (Å²) in [6.45, 7) is 5.00. The molecule has 20 heavy (non-hydrogen) atoms. The van der Waals surface area contributed by atoms with Gasteiger partial charge in [-0.15, -0.1) is 0 Å². The van der Waals surface area contributed by atoms with E-state index in [0.717, 1.165) is 35.1 Å². The Morgan fingerprint density at radius 2 is 1.90 bits per heavy atom. The minimum atomic E-state index is -0.111. The third-order valence-electron chi connectivity index (χ3n) is 3.35. The Hall–Kier alpha value is -1.98. The average molecular weight is 268 g/mol. The second-order valence-electron chi connectivity index (χ2n) is 5.01. The van der Waals surface area contributed by atoms with Crippen LogP contribution in [0.15, 0.2) is 36.4 Å². The van der Waals surface area contributed by atoms with Gasteiger partial charge in [-0.25, -0.2) is 0 Å². The topological polar surface area (TPSA) is 29.5 Å². The van der Waals surface area contributed by atoms with Crippen LogP contribution in [0.1, 0.15) is 25.8 Å². The highest BCUT2D eigenvalue weighted by molar-refractivity contribution is 5.85. The van der Waals surface area contributed by atoms with Gasteiger partial charge in [0.2, 0.25) is 0 Å². The molecule has 0 spiro atoms. The highest BCUT2D eigenvalue weighted by Gasteiger charge is 2.02. The third-order valence-corrected chi connectivity index (χ3v) is 3.35. The largest absolute Gasteiger partial charge is 0.493 e. The van der Waals surface area contributed by atoms with Crippen molar-refractivity contribution in [1.82, 2.24) is 0 Å². The summed E-state index contributed by atoms with van der Waals surface area (Å²) in [5.74, 6) is 7.06. The number of aliphatic hydroxyl groups excluding tert-OH is 1. The molecule has 1 atom stereocenters. The van der Waals surface area contributed by atoms with Gasteiger partial charge in [0.25, 0.3) is 0 Å². The summed E-state index contributed by atoms with van der Waals surface area (Å²) in [7, 11) is 0. The maximum absolute atomic E-state index is 8.71. The Morgan fingerprint density at radius 1 is 1.15 bits per heavy atom. The predicted molar refractivity (Wildman–Crippen MR) is 82.9 cm³/mol. The second kappa shape index (κ2) is 6.98. The molecule has 0 bridgehead atoms. The van der Waals surface area contributed by atoms with E-state index >= 15 is 0 Å². The van der Waals surface area contributed by atoms with Crippen molar-refractivity contribution in [3.8, 4) is 17.6 Å². The van der Waals surface area contributed by atoms with Crippen LogP contribution in [0.3, 0.4) is 0 Å². The van der Waals surface area contributed by atoms with Crippen LogP contribution in [0.25, 0.3) is 10.8 Å². The van der Waals surface area contributed by atoms with E-state index in [1.165, 1.54) is 0 Å². The smallest absolute Gasteiger partial charge is 0.119 e. The molecule has 0 heterocycles. The molecule has 0 saturated heterocycles. The summed E-state index contributed by atoms with van der Waals surface area (Å²) in [5.41, 5.74) is 0.917. The fourth-order valence-electron chi connectivity index (χ4n) is 1.89. The minimum Gasteiger partial charge on any atom is -0.493 e. The summed E-state index contributed by atoms with van der Waals surface area (Å²) in [6, 6.07) is 12.1. The van der Waals surface area contributed by atoms with Crippen molar-refractivity contribution < 1.29 is 9.84 Å². The van der Waals surface area contributed by atoms with Gasteiger partial charge in [-0.3, -0.25) is 0 Å². The number of ether oxygens (including phenoxy) is 1. The number of hydrogen-bond donors (Lipinski definition) is 1. The molecule has 1 N–H and O–H groups in total. The monoisotopic (exact) mass is 268 g/mol. The first kappa shape index (κ1) is 14.4. The van der Waals surface area contributed by atoms with Crippen LogP contribution in [0.2, 0.25) is 0 Å². The molecule has 0 radical (unpaired) electrons. The Morgan fingerprint density at radius 3 is 2.65 bits per heavy atom. The number of aliphatic hydroxyl groups is 1. The van der Waals surface area contributed by atoms with Gasteiger partial charge in [-0.1, -0.05) is 44.2 Å². The van der Waals surface area contributed by atoms with E-state index in [9.17, 15) is 0 Å². The average Bonchev–Trinajstić information content (AvgIpc) is 2.50. The van der Waals surface area contributed by atoms with E-state index in [1.54, 1.807) is 0 Å². The van der Waals surface area contributed by atoms with E-state index in [4.69, 9.17) is 9.84 Å². The predicted octanol–water partition coefficient (Wildman–Crippen LogP) is 3.61. The summed E-state index contributed by atoms with van der Waals surface area (Å²) in [5, 5.41) is 11.0. The molecule has 0 aliphatic carbocycles. The van der Waals surface area contributed by atoms with Gasteiger partial charge >= 0.3 is 0 Å². The maximum atomic E-state index is 8.71. The zero-order chi connectivity index (χ0) is 14.4. The Bertz CT molecular complexity index is 635. The van der Waals surface area contributed by atoms with Crippen LogP contribution in [0.4, 0.5) is 0 Å². The van der Waals surface area contributed by atoms with E-state index in [0.29, 0.717) is 5.92 Å². The zero-order valence-corrected chi connectivity index (χ0v) is 12.0.